The van der Waals surface area contributed by atoms with E-state index in [0.29, 0.717) is 0 Å². The highest BCUT2D eigenvalue weighted by Crippen LogP contribution is 2.35. The van der Waals surface area contributed by atoms with E-state index in [0.717, 1.165) is 10.2 Å². The summed E-state index contributed by atoms with van der Waals surface area (Å²) in [6, 6.07) is 0. The van der Waals surface area contributed by atoms with Crippen molar-refractivity contribution >= 4 is 22.6 Å². The van der Waals surface area contributed by atoms with Crippen LogP contribution in [0.5, 0.6) is 0 Å². The molecule has 1 aliphatic rings. The van der Waals surface area contributed by atoms with E-state index in [1.54, 1.807) is 0 Å². The van der Waals surface area contributed by atoms with E-state index >= 15 is 0 Å². The number of allylic oxidation sites excluding steroid dienone is 1. The molecule has 0 unspecified atom stereocenters. The van der Waals surface area contributed by atoms with Gasteiger partial charge in [-0.15, -0.1) is 0 Å². The van der Waals surface area contributed by atoms with Gasteiger partial charge in [-0.1, -0.05) is 26.2 Å². The van der Waals surface area contributed by atoms with Gasteiger partial charge in [-0.3, -0.25) is 0 Å². The van der Waals surface area contributed by atoms with Crippen LogP contribution < -0.4 is 0 Å². The Hall–Kier alpha value is 0.270. The van der Waals surface area contributed by atoms with Crippen molar-refractivity contribution in [2.45, 2.75) is 39.0 Å². The van der Waals surface area contributed by atoms with Gasteiger partial charge in [0.05, 0.1) is 0 Å². The average molecular weight is 252 g/mol. The van der Waals surface area contributed by atoms with E-state index in [1.165, 1.54) is 31.4 Å². The molecule has 1 aliphatic heterocycles. The Morgan fingerprint density at radius 2 is 2.00 bits per heavy atom. The number of ether oxygens (including phenoxy) is 1. The second kappa shape index (κ2) is 4.21. The minimum absolute atomic E-state index is 1.13. The molecule has 0 N–H and O–H groups in total. The highest BCUT2D eigenvalue weighted by atomic mass is 127. The third-order valence-electron chi connectivity index (χ3n) is 1.65. The van der Waals surface area contributed by atoms with Crippen molar-refractivity contribution < 1.29 is 4.74 Å². The first-order chi connectivity index (χ1) is 4.84. The predicted molar refractivity (Wildman–Crippen MR) is 50.9 cm³/mol. The molecule has 0 saturated heterocycles. The minimum Gasteiger partial charge on any atom is -0.447 e. The molecule has 58 valence electrons. The molecular weight excluding hydrogens is 239 g/mol. The van der Waals surface area contributed by atoms with Crippen LogP contribution in [-0.2, 0) is 4.74 Å². The second-order valence-electron chi connectivity index (χ2n) is 2.61. The van der Waals surface area contributed by atoms with Crippen LogP contribution in [-0.4, -0.2) is 0 Å². The van der Waals surface area contributed by atoms with Gasteiger partial charge in [-0.2, -0.15) is 0 Å². The Kier molecular flexibility index (Phi) is 3.52. The molecule has 10 heavy (non-hydrogen) atoms. The van der Waals surface area contributed by atoms with E-state index in [9.17, 15) is 0 Å². The second-order valence-corrected chi connectivity index (χ2v) is 3.59. The molecule has 0 aliphatic carbocycles. The normalized spacial score (nSPS) is 15.4. The molecule has 1 heterocycles. The van der Waals surface area contributed by atoms with Crippen LogP contribution in [0, 0.1) is 0 Å². The van der Waals surface area contributed by atoms with Crippen molar-refractivity contribution in [2.24, 2.45) is 0 Å². The fourth-order valence-corrected chi connectivity index (χ4v) is 1.48. The number of halogens is 1. The van der Waals surface area contributed by atoms with Gasteiger partial charge in [0.1, 0.15) is 0 Å². The Morgan fingerprint density at radius 3 is 2.50 bits per heavy atom. The van der Waals surface area contributed by atoms with Crippen LogP contribution in [0.1, 0.15) is 39.0 Å². The van der Waals surface area contributed by atoms with Gasteiger partial charge >= 0.3 is 0 Å². The Balaban J connectivity index is 1.87. The van der Waals surface area contributed by atoms with Gasteiger partial charge in [-0.05, 0) is 6.42 Å². The van der Waals surface area contributed by atoms with Crippen LogP contribution in [0.15, 0.2) is 9.53 Å². The zero-order valence-electron chi connectivity index (χ0n) is 6.32. The number of unbranched alkanes of at least 4 members (excludes halogenated alkanes) is 3. The SMILES string of the molecule is CCCCCCC1=C(I)O1. The van der Waals surface area contributed by atoms with Crippen molar-refractivity contribution in [3.8, 4) is 0 Å². The molecule has 0 aromatic carbocycles. The van der Waals surface area contributed by atoms with Gasteiger partial charge in [0.2, 0.25) is 3.77 Å². The van der Waals surface area contributed by atoms with Gasteiger partial charge in [-0.25, -0.2) is 0 Å². The lowest BCUT2D eigenvalue weighted by molar-refractivity contribution is 0.469. The molecule has 0 atom stereocenters. The van der Waals surface area contributed by atoms with Crippen LogP contribution in [0.3, 0.4) is 0 Å². The van der Waals surface area contributed by atoms with Crippen molar-refractivity contribution in [2.75, 3.05) is 0 Å². The molecule has 0 fully saturated rings. The summed E-state index contributed by atoms with van der Waals surface area (Å²) in [5, 5.41) is 0. The lowest BCUT2D eigenvalue weighted by atomic mass is 10.1. The summed E-state index contributed by atoms with van der Waals surface area (Å²) in [7, 11) is 0. The molecular formula is C8H13IO. The summed E-state index contributed by atoms with van der Waals surface area (Å²) in [6.45, 7) is 2.23. The number of hydrogen-bond acceptors (Lipinski definition) is 1. The first kappa shape index (κ1) is 8.37. The van der Waals surface area contributed by atoms with Crippen LogP contribution >= 0.6 is 22.6 Å². The zero-order chi connectivity index (χ0) is 7.40. The highest BCUT2D eigenvalue weighted by molar-refractivity contribution is 14.1. The molecule has 1 nitrogen and oxygen atoms in total. The maximum absolute atomic E-state index is 5.12. The Labute approximate surface area is 76.0 Å². The summed E-state index contributed by atoms with van der Waals surface area (Å²) < 4.78 is 6.25. The predicted octanol–water partition coefficient (Wildman–Crippen LogP) is 3.59. The monoisotopic (exact) mass is 252 g/mol. The molecule has 0 bridgehead atoms. The van der Waals surface area contributed by atoms with Crippen molar-refractivity contribution in [3.05, 3.63) is 9.53 Å². The molecule has 0 radical (unpaired) electrons. The lowest BCUT2D eigenvalue weighted by Gasteiger charge is -1.92. The summed E-state index contributed by atoms with van der Waals surface area (Å²) in [4.78, 5) is 0. The topological polar surface area (TPSA) is 12.5 Å². The van der Waals surface area contributed by atoms with Crippen LogP contribution in [0.2, 0.25) is 0 Å². The third-order valence-corrected chi connectivity index (χ3v) is 2.47. The summed E-state index contributed by atoms with van der Waals surface area (Å²) in [6.07, 6.45) is 6.50. The van der Waals surface area contributed by atoms with E-state index in [-0.39, 0.29) is 0 Å². The maximum Gasteiger partial charge on any atom is 0.202 e. The van der Waals surface area contributed by atoms with Crippen LogP contribution in [0.25, 0.3) is 0 Å². The first-order valence-electron chi connectivity index (χ1n) is 3.91. The summed E-state index contributed by atoms with van der Waals surface area (Å²) in [5.41, 5.74) is 0. The fourth-order valence-electron chi connectivity index (χ4n) is 0.944. The molecule has 0 aromatic heterocycles. The Morgan fingerprint density at radius 1 is 1.30 bits per heavy atom. The van der Waals surface area contributed by atoms with Crippen LogP contribution in [0.4, 0.5) is 0 Å². The smallest absolute Gasteiger partial charge is 0.202 e. The van der Waals surface area contributed by atoms with E-state index in [4.69, 9.17) is 4.74 Å². The molecule has 0 amide bonds. The number of hydrogen-bond donors (Lipinski definition) is 0. The van der Waals surface area contributed by atoms with Gasteiger partial charge in [0, 0.05) is 29.0 Å². The lowest BCUT2D eigenvalue weighted by Crippen LogP contribution is -1.74. The van der Waals surface area contributed by atoms with Crippen molar-refractivity contribution in [1.29, 1.82) is 0 Å². The van der Waals surface area contributed by atoms with E-state index < -0.39 is 0 Å². The number of rotatable bonds is 5. The molecule has 1 rings (SSSR count). The van der Waals surface area contributed by atoms with E-state index in [2.05, 4.69) is 29.5 Å². The molecule has 2 heteroatoms. The maximum atomic E-state index is 5.12. The van der Waals surface area contributed by atoms with Gasteiger partial charge in [0.15, 0.2) is 5.76 Å². The zero-order valence-corrected chi connectivity index (χ0v) is 8.48. The fraction of sp³-hybridized carbons (Fsp3) is 0.750. The Bertz CT molecular complexity index is 140. The molecule has 0 aromatic rings. The first-order valence-corrected chi connectivity index (χ1v) is 4.99. The van der Waals surface area contributed by atoms with Gasteiger partial charge < -0.3 is 4.74 Å². The third kappa shape index (κ3) is 2.90. The minimum atomic E-state index is 1.13. The summed E-state index contributed by atoms with van der Waals surface area (Å²) >= 11 is 2.23. The quantitative estimate of drug-likeness (QED) is 0.538. The highest BCUT2D eigenvalue weighted by Gasteiger charge is 2.19. The van der Waals surface area contributed by atoms with Gasteiger partial charge in [0.25, 0.3) is 0 Å². The van der Waals surface area contributed by atoms with E-state index in [1.807, 2.05) is 0 Å². The molecule has 0 saturated carbocycles. The largest absolute Gasteiger partial charge is 0.447 e. The molecule has 0 spiro atoms. The summed E-state index contributed by atoms with van der Waals surface area (Å²) in [5.74, 6) is 1.23. The van der Waals surface area contributed by atoms with Crippen molar-refractivity contribution in [1.82, 2.24) is 0 Å². The standard InChI is InChI=1S/C8H13IO/c1-2-3-4-5-6-7-8(9)10-7/h2-6H2,1H3. The average Bonchev–Trinajstić information content (AvgIpc) is 2.60. The van der Waals surface area contributed by atoms with Crippen molar-refractivity contribution in [3.63, 3.8) is 0 Å².